The fraction of sp³-hybridized carbons (Fsp3) is 0.350. The Hall–Kier alpha value is -2.53. The summed E-state index contributed by atoms with van der Waals surface area (Å²) >= 11 is 0. The molecule has 0 spiro atoms. The molecule has 5 heteroatoms. The fourth-order valence-corrected chi connectivity index (χ4v) is 2.98. The summed E-state index contributed by atoms with van der Waals surface area (Å²) in [4.78, 5) is 14.6. The zero-order valence-electron chi connectivity index (χ0n) is 14.3. The van der Waals surface area contributed by atoms with Crippen molar-refractivity contribution in [2.24, 2.45) is 11.7 Å². The summed E-state index contributed by atoms with van der Waals surface area (Å²) in [6.07, 6.45) is 0.968. The third-order valence-corrected chi connectivity index (χ3v) is 4.38. The van der Waals surface area contributed by atoms with Gasteiger partial charge in [-0.3, -0.25) is 4.79 Å². The van der Waals surface area contributed by atoms with E-state index in [1.54, 1.807) is 0 Å². The summed E-state index contributed by atoms with van der Waals surface area (Å²) in [7, 11) is 0. The summed E-state index contributed by atoms with van der Waals surface area (Å²) in [5.41, 5.74) is 6.31. The van der Waals surface area contributed by atoms with Crippen LogP contribution in [0.3, 0.4) is 0 Å². The van der Waals surface area contributed by atoms with E-state index in [-0.39, 0.29) is 5.91 Å². The lowest BCUT2D eigenvalue weighted by Crippen LogP contribution is -2.30. The highest BCUT2D eigenvalue weighted by atomic mass is 16.5. The Labute approximate surface area is 148 Å². The molecule has 25 heavy (non-hydrogen) atoms. The highest BCUT2D eigenvalue weighted by Crippen LogP contribution is 2.23. The maximum Gasteiger partial charge on any atom is 0.257 e. The number of carbonyl (C=O) groups excluding carboxylic acids is 1. The number of para-hydroxylation sites is 2. The molecule has 0 unspecified atom stereocenters. The van der Waals surface area contributed by atoms with Gasteiger partial charge in [-0.2, -0.15) is 0 Å². The van der Waals surface area contributed by atoms with Crippen molar-refractivity contribution in [2.45, 2.75) is 6.42 Å². The molecule has 0 saturated carbocycles. The van der Waals surface area contributed by atoms with Crippen molar-refractivity contribution in [1.29, 1.82) is 0 Å². The average Bonchev–Trinajstić information content (AvgIpc) is 3.15. The SMILES string of the molecule is NC[C@H]1CCN(C(=O)c2ccccc2OCCOc2ccccc2)C1. The van der Waals surface area contributed by atoms with Gasteiger partial charge in [0.1, 0.15) is 24.7 Å². The second-order valence-electron chi connectivity index (χ2n) is 6.15. The number of nitrogens with two attached hydrogens (primary N) is 1. The van der Waals surface area contributed by atoms with Gasteiger partial charge in [-0.25, -0.2) is 0 Å². The van der Waals surface area contributed by atoms with Crippen LogP contribution in [-0.4, -0.2) is 43.7 Å². The summed E-state index contributed by atoms with van der Waals surface area (Å²) in [6.45, 7) is 2.90. The van der Waals surface area contributed by atoms with E-state index >= 15 is 0 Å². The van der Waals surface area contributed by atoms with Crippen molar-refractivity contribution < 1.29 is 14.3 Å². The lowest BCUT2D eigenvalue weighted by atomic mass is 10.1. The molecule has 0 radical (unpaired) electrons. The molecule has 1 fully saturated rings. The summed E-state index contributed by atoms with van der Waals surface area (Å²) in [5.74, 6) is 1.81. The zero-order chi connectivity index (χ0) is 17.5. The summed E-state index contributed by atoms with van der Waals surface area (Å²) in [5, 5.41) is 0. The van der Waals surface area contributed by atoms with E-state index in [4.69, 9.17) is 15.2 Å². The molecule has 1 amide bonds. The molecular formula is C20H24N2O3. The van der Waals surface area contributed by atoms with Gasteiger partial charge in [0.25, 0.3) is 5.91 Å². The van der Waals surface area contributed by atoms with Gasteiger partial charge < -0.3 is 20.1 Å². The van der Waals surface area contributed by atoms with Crippen LogP contribution in [0, 0.1) is 5.92 Å². The number of nitrogens with zero attached hydrogens (tertiary/aromatic N) is 1. The Morgan fingerprint density at radius 1 is 1.04 bits per heavy atom. The second kappa shape index (κ2) is 8.53. The number of amides is 1. The van der Waals surface area contributed by atoms with E-state index in [9.17, 15) is 4.79 Å². The standard InChI is InChI=1S/C20H24N2O3/c21-14-16-10-11-22(15-16)20(23)18-8-4-5-9-19(18)25-13-12-24-17-6-2-1-3-7-17/h1-9,16H,10-15,21H2/t16-/m1/s1. The quantitative estimate of drug-likeness (QED) is 0.787. The third-order valence-electron chi connectivity index (χ3n) is 4.38. The first-order valence-electron chi connectivity index (χ1n) is 8.67. The Morgan fingerprint density at radius 3 is 2.52 bits per heavy atom. The summed E-state index contributed by atoms with van der Waals surface area (Å²) in [6, 6.07) is 17.0. The molecular weight excluding hydrogens is 316 g/mol. The first-order valence-corrected chi connectivity index (χ1v) is 8.67. The van der Waals surface area contributed by atoms with Crippen LogP contribution in [0.1, 0.15) is 16.8 Å². The highest BCUT2D eigenvalue weighted by Gasteiger charge is 2.27. The van der Waals surface area contributed by atoms with Crippen LogP contribution in [0.5, 0.6) is 11.5 Å². The van der Waals surface area contributed by atoms with Crippen molar-refractivity contribution in [3.63, 3.8) is 0 Å². The molecule has 1 saturated heterocycles. The Morgan fingerprint density at radius 2 is 1.76 bits per heavy atom. The van der Waals surface area contributed by atoms with Crippen LogP contribution >= 0.6 is 0 Å². The molecule has 132 valence electrons. The lowest BCUT2D eigenvalue weighted by Gasteiger charge is -2.18. The molecule has 1 aliphatic heterocycles. The van der Waals surface area contributed by atoms with Gasteiger partial charge in [0.05, 0.1) is 5.56 Å². The predicted molar refractivity (Wildman–Crippen MR) is 96.9 cm³/mol. The van der Waals surface area contributed by atoms with Crippen LogP contribution in [0.25, 0.3) is 0 Å². The average molecular weight is 340 g/mol. The van der Waals surface area contributed by atoms with E-state index in [0.29, 0.717) is 37.0 Å². The van der Waals surface area contributed by atoms with Crippen LogP contribution in [0.2, 0.25) is 0 Å². The number of hydrogen-bond donors (Lipinski definition) is 1. The Balaban J connectivity index is 1.56. The largest absolute Gasteiger partial charge is 0.490 e. The fourth-order valence-electron chi connectivity index (χ4n) is 2.98. The van der Waals surface area contributed by atoms with Crippen molar-refractivity contribution in [3.8, 4) is 11.5 Å². The van der Waals surface area contributed by atoms with E-state index in [1.807, 2.05) is 59.5 Å². The molecule has 5 nitrogen and oxygen atoms in total. The maximum absolute atomic E-state index is 12.8. The van der Waals surface area contributed by atoms with Crippen molar-refractivity contribution in [3.05, 3.63) is 60.2 Å². The molecule has 2 aromatic rings. The molecule has 1 aliphatic rings. The smallest absolute Gasteiger partial charge is 0.257 e. The number of likely N-dealkylation sites (tertiary alicyclic amines) is 1. The molecule has 0 aromatic heterocycles. The van der Waals surface area contributed by atoms with E-state index in [0.717, 1.165) is 25.3 Å². The Bertz CT molecular complexity index is 690. The van der Waals surface area contributed by atoms with Crippen LogP contribution in [0.4, 0.5) is 0 Å². The zero-order valence-corrected chi connectivity index (χ0v) is 14.3. The first-order chi connectivity index (χ1) is 12.3. The van der Waals surface area contributed by atoms with Gasteiger partial charge >= 0.3 is 0 Å². The number of benzene rings is 2. The van der Waals surface area contributed by atoms with Crippen LogP contribution in [0.15, 0.2) is 54.6 Å². The van der Waals surface area contributed by atoms with Crippen LogP contribution < -0.4 is 15.2 Å². The predicted octanol–water partition coefficient (Wildman–Crippen LogP) is 2.57. The van der Waals surface area contributed by atoms with E-state index < -0.39 is 0 Å². The molecule has 3 rings (SSSR count). The minimum absolute atomic E-state index is 0.00975. The van der Waals surface area contributed by atoms with Gasteiger partial charge in [-0.05, 0) is 43.1 Å². The molecule has 2 aromatic carbocycles. The first kappa shape index (κ1) is 17.3. The topological polar surface area (TPSA) is 64.8 Å². The summed E-state index contributed by atoms with van der Waals surface area (Å²) < 4.78 is 11.4. The minimum atomic E-state index is 0.00975. The minimum Gasteiger partial charge on any atom is -0.490 e. The van der Waals surface area contributed by atoms with Gasteiger partial charge in [0.2, 0.25) is 0 Å². The van der Waals surface area contributed by atoms with Gasteiger partial charge in [-0.15, -0.1) is 0 Å². The van der Waals surface area contributed by atoms with Crippen molar-refractivity contribution in [2.75, 3.05) is 32.8 Å². The molecule has 1 atom stereocenters. The molecule has 0 bridgehead atoms. The number of ether oxygens (including phenoxy) is 2. The number of rotatable bonds is 7. The second-order valence-corrected chi connectivity index (χ2v) is 6.15. The monoisotopic (exact) mass is 340 g/mol. The number of carbonyl (C=O) groups is 1. The normalized spacial score (nSPS) is 16.7. The van der Waals surface area contributed by atoms with E-state index in [2.05, 4.69) is 0 Å². The Kier molecular flexibility index (Phi) is 5.90. The maximum atomic E-state index is 12.8. The highest BCUT2D eigenvalue weighted by molar-refractivity contribution is 5.97. The van der Waals surface area contributed by atoms with Gasteiger partial charge in [-0.1, -0.05) is 30.3 Å². The molecule has 0 aliphatic carbocycles. The third kappa shape index (κ3) is 4.51. The number of hydrogen-bond acceptors (Lipinski definition) is 4. The lowest BCUT2D eigenvalue weighted by molar-refractivity contribution is 0.0782. The molecule has 2 N–H and O–H groups in total. The van der Waals surface area contributed by atoms with E-state index in [1.165, 1.54) is 0 Å². The van der Waals surface area contributed by atoms with Crippen molar-refractivity contribution >= 4 is 5.91 Å². The van der Waals surface area contributed by atoms with Crippen LogP contribution in [-0.2, 0) is 0 Å². The molecule has 1 heterocycles. The van der Waals surface area contributed by atoms with Gasteiger partial charge in [0.15, 0.2) is 0 Å². The van der Waals surface area contributed by atoms with Gasteiger partial charge in [0, 0.05) is 13.1 Å². The van der Waals surface area contributed by atoms with Crippen molar-refractivity contribution in [1.82, 2.24) is 4.90 Å².